The minimum absolute atomic E-state index is 0.0927. The van der Waals surface area contributed by atoms with E-state index in [1.807, 2.05) is 6.92 Å². The summed E-state index contributed by atoms with van der Waals surface area (Å²) in [7, 11) is 0. The van der Waals surface area contributed by atoms with Gasteiger partial charge in [0.2, 0.25) is 11.8 Å². The van der Waals surface area contributed by atoms with E-state index in [2.05, 4.69) is 16.0 Å². The van der Waals surface area contributed by atoms with Gasteiger partial charge in [0.05, 0.1) is 5.54 Å². The van der Waals surface area contributed by atoms with E-state index in [-0.39, 0.29) is 17.4 Å². The van der Waals surface area contributed by atoms with Gasteiger partial charge in [0.1, 0.15) is 0 Å². The van der Waals surface area contributed by atoms with Crippen molar-refractivity contribution < 1.29 is 9.59 Å². The van der Waals surface area contributed by atoms with Crippen molar-refractivity contribution in [1.82, 2.24) is 16.0 Å². The molecular formula is C14H25N3O2. The number of carbonyl (C=O) groups is 2. The van der Waals surface area contributed by atoms with Crippen molar-refractivity contribution in [2.45, 2.75) is 63.5 Å². The molecule has 19 heavy (non-hydrogen) atoms. The molecule has 1 aliphatic heterocycles. The standard InChI is InChI=1S/C14H25N3O2/c1-2-14(8-4-10-16-14)13(19)15-9-3-5-12(18)17-11-6-7-11/h11,16H,2-10H2,1H3,(H,15,19)(H,17,18). The van der Waals surface area contributed by atoms with Crippen molar-refractivity contribution in [3.8, 4) is 0 Å². The lowest BCUT2D eigenvalue weighted by Gasteiger charge is -2.26. The summed E-state index contributed by atoms with van der Waals surface area (Å²) in [6, 6.07) is 0.424. The van der Waals surface area contributed by atoms with Gasteiger partial charge in [0, 0.05) is 19.0 Å². The van der Waals surface area contributed by atoms with E-state index >= 15 is 0 Å². The summed E-state index contributed by atoms with van der Waals surface area (Å²) in [5.74, 6) is 0.205. The fraction of sp³-hybridized carbons (Fsp3) is 0.857. The van der Waals surface area contributed by atoms with Crippen LogP contribution in [0.25, 0.3) is 0 Å². The van der Waals surface area contributed by atoms with Crippen LogP contribution in [0.1, 0.15) is 51.9 Å². The predicted octanol–water partition coefficient (Wildman–Crippen LogP) is 0.694. The molecule has 5 heteroatoms. The number of hydrogen-bond acceptors (Lipinski definition) is 3. The van der Waals surface area contributed by atoms with Crippen molar-refractivity contribution in [1.29, 1.82) is 0 Å². The van der Waals surface area contributed by atoms with Gasteiger partial charge in [-0.3, -0.25) is 9.59 Å². The number of hydrogen-bond donors (Lipinski definition) is 3. The Morgan fingerprint density at radius 2 is 2.16 bits per heavy atom. The van der Waals surface area contributed by atoms with Gasteiger partial charge in [-0.2, -0.15) is 0 Å². The van der Waals surface area contributed by atoms with Crippen LogP contribution in [0, 0.1) is 0 Å². The molecule has 2 rings (SSSR count). The molecule has 1 unspecified atom stereocenters. The number of carbonyl (C=O) groups excluding carboxylic acids is 2. The summed E-state index contributed by atoms with van der Waals surface area (Å²) in [6.07, 6.45) is 6.25. The zero-order chi connectivity index (χ0) is 13.7. The maximum Gasteiger partial charge on any atom is 0.240 e. The first-order valence-corrected chi connectivity index (χ1v) is 7.49. The van der Waals surface area contributed by atoms with Gasteiger partial charge < -0.3 is 16.0 Å². The lowest BCUT2D eigenvalue weighted by Crippen LogP contribution is -2.53. The number of rotatable bonds is 7. The molecule has 108 valence electrons. The minimum Gasteiger partial charge on any atom is -0.354 e. The van der Waals surface area contributed by atoms with E-state index in [1.165, 1.54) is 0 Å². The number of nitrogens with one attached hydrogen (secondary N) is 3. The quantitative estimate of drug-likeness (QED) is 0.595. The van der Waals surface area contributed by atoms with E-state index in [0.717, 1.165) is 38.6 Å². The molecule has 1 aliphatic carbocycles. The lowest BCUT2D eigenvalue weighted by molar-refractivity contribution is -0.127. The van der Waals surface area contributed by atoms with Crippen LogP contribution in [0.15, 0.2) is 0 Å². The fourth-order valence-corrected chi connectivity index (χ4v) is 2.61. The fourth-order valence-electron chi connectivity index (χ4n) is 2.61. The third-order valence-electron chi connectivity index (χ3n) is 4.09. The van der Waals surface area contributed by atoms with Crippen LogP contribution in [0.2, 0.25) is 0 Å². The highest BCUT2D eigenvalue weighted by Crippen LogP contribution is 2.23. The maximum absolute atomic E-state index is 12.2. The zero-order valence-corrected chi connectivity index (χ0v) is 11.8. The molecule has 0 aromatic heterocycles. The molecule has 0 spiro atoms. The van der Waals surface area contributed by atoms with Gasteiger partial charge >= 0.3 is 0 Å². The Hall–Kier alpha value is -1.10. The smallest absolute Gasteiger partial charge is 0.240 e. The first kappa shape index (κ1) is 14.3. The van der Waals surface area contributed by atoms with Gasteiger partial charge in [-0.05, 0) is 45.1 Å². The van der Waals surface area contributed by atoms with Crippen LogP contribution in [-0.2, 0) is 9.59 Å². The largest absolute Gasteiger partial charge is 0.354 e. The zero-order valence-electron chi connectivity index (χ0n) is 11.8. The maximum atomic E-state index is 12.2. The summed E-state index contributed by atoms with van der Waals surface area (Å²) >= 11 is 0. The first-order chi connectivity index (χ1) is 9.16. The molecule has 2 aliphatic rings. The van der Waals surface area contributed by atoms with E-state index in [9.17, 15) is 9.59 Å². The summed E-state index contributed by atoms with van der Waals surface area (Å²) in [5.41, 5.74) is -0.365. The Bertz CT molecular complexity index is 334. The monoisotopic (exact) mass is 267 g/mol. The van der Waals surface area contributed by atoms with Crippen LogP contribution in [0.5, 0.6) is 0 Å². The summed E-state index contributed by atoms with van der Waals surface area (Å²) in [6.45, 7) is 3.55. The van der Waals surface area contributed by atoms with Crippen molar-refractivity contribution in [2.75, 3.05) is 13.1 Å². The first-order valence-electron chi connectivity index (χ1n) is 7.49. The summed E-state index contributed by atoms with van der Waals surface area (Å²) < 4.78 is 0. The van der Waals surface area contributed by atoms with Crippen LogP contribution in [0.4, 0.5) is 0 Å². The molecule has 1 saturated heterocycles. The van der Waals surface area contributed by atoms with Gasteiger partial charge in [-0.1, -0.05) is 6.92 Å². The second-order valence-corrected chi connectivity index (χ2v) is 5.67. The Labute approximate surface area is 114 Å². The Morgan fingerprint density at radius 1 is 1.37 bits per heavy atom. The van der Waals surface area contributed by atoms with Crippen LogP contribution in [-0.4, -0.2) is 36.5 Å². The summed E-state index contributed by atoms with van der Waals surface area (Å²) in [5, 5.41) is 9.22. The molecule has 3 N–H and O–H groups in total. The molecule has 1 saturated carbocycles. The highest BCUT2D eigenvalue weighted by molar-refractivity contribution is 5.86. The molecule has 2 fully saturated rings. The third kappa shape index (κ3) is 3.93. The van der Waals surface area contributed by atoms with E-state index in [1.54, 1.807) is 0 Å². The Morgan fingerprint density at radius 3 is 2.74 bits per heavy atom. The summed E-state index contributed by atoms with van der Waals surface area (Å²) in [4.78, 5) is 23.6. The second-order valence-electron chi connectivity index (χ2n) is 5.67. The molecule has 0 aromatic carbocycles. The van der Waals surface area contributed by atoms with Crippen molar-refractivity contribution in [2.24, 2.45) is 0 Å². The van der Waals surface area contributed by atoms with Crippen molar-refractivity contribution in [3.63, 3.8) is 0 Å². The average Bonchev–Trinajstić information content (AvgIpc) is 3.08. The lowest BCUT2D eigenvalue weighted by atomic mass is 9.93. The molecule has 5 nitrogen and oxygen atoms in total. The molecule has 0 bridgehead atoms. The predicted molar refractivity (Wildman–Crippen MR) is 73.7 cm³/mol. The molecule has 0 aromatic rings. The van der Waals surface area contributed by atoms with Crippen molar-refractivity contribution >= 4 is 11.8 Å². The van der Waals surface area contributed by atoms with Gasteiger partial charge in [0.25, 0.3) is 0 Å². The Balaban J connectivity index is 1.61. The SMILES string of the molecule is CCC1(C(=O)NCCCC(=O)NC2CC2)CCCN1. The minimum atomic E-state index is -0.365. The van der Waals surface area contributed by atoms with Crippen LogP contribution < -0.4 is 16.0 Å². The molecule has 0 radical (unpaired) electrons. The van der Waals surface area contributed by atoms with E-state index in [0.29, 0.717) is 25.4 Å². The second kappa shape index (κ2) is 6.37. The van der Waals surface area contributed by atoms with Gasteiger partial charge in [-0.15, -0.1) is 0 Å². The normalized spacial score (nSPS) is 26.2. The van der Waals surface area contributed by atoms with E-state index < -0.39 is 0 Å². The van der Waals surface area contributed by atoms with Gasteiger partial charge in [0.15, 0.2) is 0 Å². The topological polar surface area (TPSA) is 70.2 Å². The molecule has 2 amide bonds. The highest BCUT2D eigenvalue weighted by Gasteiger charge is 2.38. The number of amides is 2. The third-order valence-corrected chi connectivity index (χ3v) is 4.09. The molecule has 1 atom stereocenters. The molecular weight excluding hydrogens is 242 g/mol. The van der Waals surface area contributed by atoms with E-state index in [4.69, 9.17) is 0 Å². The van der Waals surface area contributed by atoms with Crippen LogP contribution >= 0.6 is 0 Å². The van der Waals surface area contributed by atoms with Gasteiger partial charge in [-0.25, -0.2) is 0 Å². The Kier molecular flexibility index (Phi) is 4.80. The molecule has 1 heterocycles. The van der Waals surface area contributed by atoms with Crippen LogP contribution in [0.3, 0.4) is 0 Å². The average molecular weight is 267 g/mol. The van der Waals surface area contributed by atoms with Crippen molar-refractivity contribution in [3.05, 3.63) is 0 Å². The highest BCUT2D eigenvalue weighted by atomic mass is 16.2.